The summed E-state index contributed by atoms with van der Waals surface area (Å²) in [4.78, 5) is 37.5. The molecule has 2 fully saturated rings. The highest BCUT2D eigenvalue weighted by Crippen LogP contribution is 2.34. The fourth-order valence-corrected chi connectivity index (χ4v) is 6.89. The van der Waals surface area contributed by atoms with E-state index < -0.39 is 6.10 Å². The van der Waals surface area contributed by atoms with Crippen LogP contribution in [0.1, 0.15) is 24.5 Å². The number of nitrogens with zero attached hydrogens (tertiary/aromatic N) is 7. The summed E-state index contributed by atoms with van der Waals surface area (Å²) in [7, 11) is 0. The van der Waals surface area contributed by atoms with Crippen molar-refractivity contribution in [3.8, 4) is 34.3 Å². The maximum absolute atomic E-state index is 12.3. The van der Waals surface area contributed by atoms with Crippen LogP contribution in [0.5, 0.6) is 11.5 Å². The van der Waals surface area contributed by atoms with Crippen LogP contribution in [-0.2, 0) is 4.79 Å². The number of carbonyl (C=O) groups is 1. The maximum atomic E-state index is 12.3. The lowest BCUT2D eigenvalue weighted by molar-refractivity contribution is -0.140. The number of aromatic nitrogens is 4. The van der Waals surface area contributed by atoms with Crippen molar-refractivity contribution in [2.24, 2.45) is 0 Å². The molecule has 4 aromatic carbocycles. The molecule has 278 valence electrons. The van der Waals surface area contributed by atoms with Crippen LogP contribution in [0.25, 0.3) is 44.6 Å². The first kappa shape index (κ1) is 36.5. The number of hydrogen-bond acceptors (Lipinski definition) is 11. The molecular weight excluding hydrogens is 681 g/mol. The van der Waals surface area contributed by atoms with Crippen LogP contribution in [0.15, 0.2) is 84.9 Å². The Bertz CT molecular complexity index is 2290. The zero-order valence-electron chi connectivity index (χ0n) is 30.9. The molecule has 1 atom stereocenters. The third-order valence-electron chi connectivity index (χ3n) is 9.93. The molecule has 12 nitrogen and oxygen atoms in total. The number of hydrogen-bond donors (Lipinski definition) is 4. The summed E-state index contributed by atoms with van der Waals surface area (Å²) in [5.74, 6) is 2.91. The number of benzene rings is 4. The van der Waals surface area contributed by atoms with Gasteiger partial charge in [-0.2, -0.15) is 0 Å². The molecule has 0 saturated carbocycles. The van der Waals surface area contributed by atoms with Gasteiger partial charge in [0.25, 0.3) is 5.91 Å². The van der Waals surface area contributed by atoms with Gasteiger partial charge in [0.05, 0.1) is 22.2 Å². The number of para-hydroxylation sites is 2. The van der Waals surface area contributed by atoms with E-state index in [1.165, 1.54) is 0 Å². The summed E-state index contributed by atoms with van der Waals surface area (Å²) >= 11 is 0. The van der Waals surface area contributed by atoms with E-state index in [1.807, 2.05) is 43.3 Å². The minimum Gasteiger partial charge on any atom is -0.507 e. The maximum Gasteiger partial charge on any atom is 0.251 e. The van der Waals surface area contributed by atoms with Crippen molar-refractivity contribution in [3.63, 3.8) is 0 Å². The Morgan fingerprint density at radius 3 is 1.59 bits per heavy atom. The smallest absolute Gasteiger partial charge is 0.251 e. The molecule has 2 aliphatic rings. The molecule has 4 heterocycles. The third-order valence-corrected chi connectivity index (χ3v) is 9.93. The number of nitrogens with one attached hydrogen (secondary N) is 1. The zero-order valence-corrected chi connectivity index (χ0v) is 30.9. The highest BCUT2D eigenvalue weighted by molar-refractivity contribution is 5.93. The molecule has 6 aromatic rings. The first-order chi connectivity index (χ1) is 26.2. The van der Waals surface area contributed by atoms with E-state index in [-0.39, 0.29) is 17.4 Å². The lowest BCUT2D eigenvalue weighted by Crippen LogP contribution is -2.51. The molecule has 8 rings (SSSR count). The van der Waals surface area contributed by atoms with Crippen molar-refractivity contribution in [3.05, 3.63) is 96.1 Å². The van der Waals surface area contributed by atoms with Gasteiger partial charge in [-0.25, -0.2) is 19.9 Å². The van der Waals surface area contributed by atoms with Gasteiger partial charge < -0.3 is 35.3 Å². The zero-order chi connectivity index (χ0) is 37.8. The number of phenolic OH excluding ortho intramolecular Hbond substituents is 2. The standard InChI is InChI=1S/C23H26N4O3.C19H20N4O/c1-3-19(28)23(30)27-12-10-26(11-13-27)22-16-9-8-15(2)14-18(16)24-21(25-22)17-6-4-5-7-20(17)29;1-13-6-7-14-16(12-13)21-18(15-4-2-3-5-17(15)24)22-19(14)23-10-8-20-9-11-23/h4-9,14,19,28-29H,3,10-13H2,1-2H3;2-7,12,20,24H,8-11H2,1H3/t19-;/m0./s1. The van der Waals surface area contributed by atoms with Crippen LogP contribution in [0.2, 0.25) is 0 Å². The van der Waals surface area contributed by atoms with Gasteiger partial charge in [0, 0.05) is 63.1 Å². The molecule has 4 N–H and O–H groups in total. The van der Waals surface area contributed by atoms with Crippen molar-refractivity contribution < 1.29 is 20.1 Å². The number of anilines is 2. The van der Waals surface area contributed by atoms with Crippen LogP contribution in [0.3, 0.4) is 0 Å². The second-order valence-electron chi connectivity index (χ2n) is 13.8. The second kappa shape index (κ2) is 16.0. The fourth-order valence-electron chi connectivity index (χ4n) is 6.89. The van der Waals surface area contributed by atoms with E-state index in [2.05, 4.69) is 40.2 Å². The van der Waals surface area contributed by atoms with Crippen LogP contribution < -0.4 is 15.1 Å². The number of phenols is 2. The topological polar surface area (TPSA) is 151 Å². The summed E-state index contributed by atoms with van der Waals surface area (Å²) in [5, 5.41) is 35.7. The number of carbonyl (C=O) groups excluding carboxylic acids is 1. The molecule has 12 heteroatoms. The quantitative estimate of drug-likeness (QED) is 0.174. The number of amides is 1. The van der Waals surface area contributed by atoms with Crippen molar-refractivity contribution in [2.45, 2.75) is 33.3 Å². The number of aromatic hydroxyl groups is 2. The number of piperazine rings is 2. The van der Waals surface area contributed by atoms with Crippen molar-refractivity contribution in [1.82, 2.24) is 30.2 Å². The van der Waals surface area contributed by atoms with Crippen LogP contribution >= 0.6 is 0 Å². The number of aryl methyl sites for hydroxylation is 2. The Kier molecular flexibility index (Phi) is 10.8. The summed E-state index contributed by atoms with van der Waals surface area (Å²) in [6.07, 6.45) is -0.522. The van der Waals surface area contributed by atoms with Gasteiger partial charge in [0.2, 0.25) is 0 Å². The SMILES string of the molecule is CC[C@H](O)C(=O)N1CCN(c2nc(-c3ccccc3O)nc3cc(C)ccc23)CC1.Cc1ccc2c(N3CCNCC3)nc(-c3ccccc3O)nc2c1. The molecule has 0 radical (unpaired) electrons. The Morgan fingerprint density at radius 2 is 1.13 bits per heavy atom. The lowest BCUT2D eigenvalue weighted by atomic mass is 10.1. The van der Waals surface area contributed by atoms with Crippen molar-refractivity contribution in [2.75, 3.05) is 62.2 Å². The predicted molar refractivity (Wildman–Crippen MR) is 213 cm³/mol. The van der Waals surface area contributed by atoms with E-state index in [9.17, 15) is 20.1 Å². The molecule has 54 heavy (non-hydrogen) atoms. The Hall–Kier alpha value is -5.85. The van der Waals surface area contributed by atoms with Gasteiger partial charge in [-0.05, 0) is 79.9 Å². The largest absolute Gasteiger partial charge is 0.507 e. The molecule has 2 saturated heterocycles. The first-order valence-corrected chi connectivity index (χ1v) is 18.5. The average molecular weight is 727 g/mol. The number of rotatable bonds is 6. The van der Waals surface area contributed by atoms with E-state index >= 15 is 0 Å². The summed E-state index contributed by atoms with van der Waals surface area (Å²) in [6, 6.07) is 26.6. The molecule has 0 spiro atoms. The van der Waals surface area contributed by atoms with Crippen LogP contribution in [-0.4, -0.2) is 105 Å². The molecule has 0 aliphatic carbocycles. The van der Waals surface area contributed by atoms with Gasteiger partial charge in [0.1, 0.15) is 29.2 Å². The molecule has 0 unspecified atom stereocenters. The summed E-state index contributed by atoms with van der Waals surface area (Å²) < 4.78 is 0. The highest BCUT2D eigenvalue weighted by atomic mass is 16.3. The molecule has 2 aliphatic heterocycles. The molecule has 2 aromatic heterocycles. The van der Waals surface area contributed by atoms with Crippen LogP contribution in [0, 0.1) is 13.8 Å². The average Bonchev–Trinajstić information content (AvgIpc) is 3.20. The van der Waals surface area contributed by atoms with Gasteiger partial charge in [-0.3, -0.25) is 4.79 Å². The van der Waals surface area contributed by atoms with Gasteiger partial charge in [-0.1, -0.05) is 43.3 Å². The fraction of sp³-hybridized carbons (Fsp3) is 0.310. The normalized spacial score (nSPS) is 15.2. The van der Waals surface area contributed by atoms with E-state index in [1.54, 1.807) is 42.2 Å². The van der Waals surface area contributed by atoms with Gasteiger partial charge in [0.15, 0.2) is 11.6 Å². The number of aliphatic hydroxyl groups excluding tert-OH is 1. The van der Waals surface area contributed by atoms with Gasteiger partial charge in [-0.15, -0.1) is 0 Å². The van der Waals surface area contributed by atoms with Crippen LogP contribution in [0.4, 0.5) is 11.6 Å². The molecular formula is C42H46N8O4. The van der Waals surface area contributed by atoms with E-state index in [0.717, 1.165) is 70.7 Å². The predicted octanol–water partition coefficient (Wildman–Crippen LogP) is 5.45. The van der Waals surface area contributed by atoms with Gasteiger partial charge >= 0.3 is 0 Å². The second-order valence-corrected chi connectivity index (χ2v) is 13.8. The molecule has 1 amide bonds. The van der Waals surface area contributed by atoms with E-state index in [0.29, 0.717) is 55.4 Å². The monoisotopic (exact) mass is 726 g/mol. The Balaban J connectivity index is 0.000000171. The number of fused-ring (bicyclic) bond motifs is 2. The minimum absolute atomic E-state index is 0.138. The summed E-state index contributed by atoms with van der Waals surface area (Å²) in [6.45, 7) is 11.9. The summed E-state index contributed by atoms with van der Waals surface area (Å²) in [5.41, 5.74) is 5.24. The minimum atomic E-state index is -0.938. The van der Waals surface area contributed by atoms with E-state index in [4.69, 9.17) is 19.9 Å². The van der Waals surface area contributed by atoms with Crippen molar-refractivity contribution in [1.29, 1.82) is 0 Å². The third kappa shape index (κ3) is 7.75. The van der Waals surface area contributed by atoms with Crippen molar-refractivity contribution >= 4 is 39.3 Å². The Labute approximate surface area is 314 Å². The first-order valence-electron chi connectivity index (χ1n) is 18.5. The lowest BCUT2D eigenvalue weighted by Gasteiger charge is -2.36. The number of aliphatic hydroxyl groups is 1. The Morgan fingerprint density at radius 1 is 0.667 bits per heavy atom. The highest BCUT2D eigenvalue weighted by Gasteiger charge is 2.27. The molecule has 0 bridgehead atoms.